The molecular weight excluding hydrogens is 202 g/mol. The van der Waals surface area contributed by atoms with Gasteiger partial charge in [-0.3, -0.25) is 9.59 Å². The van der Waals surface area contributed by atoms with Crippen LogP contribution in [0.1, 0.15) is 40.0 Å². The van der Waals surface area contributed by atoms with Crippen LogP contribution >= 0.6 is 11.8 Å². The number of rotatable bonds is 3. The highest BCUT2D eigenvalue weighted by Gasteiger charge is 2.45. The molecule has 1 saturated heterocycles. The van der Waals surface area contributed by atoms with Crippen molar-refractivity contribution in [1.82, 2.24) is 4.42 Å². The molecule has 4 heteroatoms. The summed E-state index contributed by atoms with van der Waals surface area (Å²) in [5, 5.41) is 0. The van der Waals surface area contributed by atoms with Gasteiger partial charge in [-0.05, 0) is 11.8 Å². The van der Waals surface area contributed by atoms with Crippen LogP contribution in [0.25, 0.3) is 0 Å². The lowest BCUT2D eigenvalue weighted by Gasteiger charge is -2.28. The highest BCUT2D eigenvalue weighted by atomic mass is 35.5. The number of imide groups is 1. The van der Waals surface area contributed by atoms with Gasteiger partial charge in [0.05, 0.1) is 5.92 Å². The van der Waals surface area contributed by atoms with Crippen molar-refractivity contribution in [3.8, 4) is 0 Å². The predicted molar refractivity (Wildman–Crippen MR) is 54.5 cm³/mol. The first-order valence-corrected chi connectivity index (χ1v) is 5.26. The number of hydrogen-bond donors (Lipinski definition) is 0. The molecule has 0 saturated carbocycles. The number of amides is 2. The van der Waals surface area contributed by atoms with E-state index in [9.17, 15) is 9.59 Å². The highest BCUT2D eigenvalue weighted by Crippen LogP contribution is 2.39. The van der Waals surface area contributed by atoms with Crippen LogP contribution in [0.15, 0.2) is 0 Å². The molecule has 3 nitrogen and oxygen atoms in total. The van der Waals surface area contributed by atoms with E-state index in [0.29, 0.717) is 0 Å². The predicted octanol–water partition coefficient (Wildman–Crippen LogP) is 2.34. The fraction of sp³-hybridized carbons (Fsp3) is 0.800. The molecule has 1 atom stereocenters. The molecule has 1 aliphatic rings. The van der Waals surface area contributed by atoms with Gasteiger partial charge in [-0.1, -0.05) is 27.2 Å². The van der Waals surface area contributed by atoms with Gasteiger partial charge in [-0.2, -0.15) is 4.42 Å². The number of halogens is 1. The van der Waals surface area contributed by atoms with Gasteiger partial charge < -0.3 is 0 Å². The Hall–Kier alpha value is -0.570. The molecule has 1 fully saturated rings. The molecule has 0 aromatic rings. The molecule has 0 aromatic heterocycles. The lowest BCUT2D eigenvalue weighted by molar-refractivity contribution is -0.134. The molecule has 1 aliphatic heterocycles. The van der Waals surface area contributed by atoms with Crippen LogP contribution in [-0.2, 0) is 9.59 Å². The van der Waals surface area contributed by atoms with Gasteiger partial charge in [0.1, 0.15) is 0 Å². The zero-order chi connectivity index (χ0) is 10.9. The first kappa shape index (κ1) is 11.5. The molecular formula is C10H16ClNO2. The Balaban J connectivity index is 2.80. The normalized spacial score (nSPS) is 23.4. The summed E-state index contributed by atoms with van der Waals surface area (Å²) in [5.41, 5.74) is -0.134. The Morgan fingerprint density at radius 3 is 2.43 bits per heavy atom. The van der Waals surface area contributed by atoms with Crippen molar-refractivity contribution in [2.24, 2.45) is 11.3 Å². The van der Waals surface area contributed by atoms with Crippen LogP contribution in [-0.4, -0.2) is 16.2 Å². The maximum absolute atomic E-state index is 11.6. The SMILES string of the molecule is CCCC(C)(C)C1CC(=O)N(Cl)C1=O. The smallest absolute Gasteiger partial charge is 0.248 e. The molecule has 80 valence electrons. The van der Waals surface area contributed by atoms with Gasteiger partial charge >= 0.3 is 0 Å². The van der Waals surface area contributed by atoms with E-state index in [1.165, 1.54) is 0 Å². The molecule has 0 radical (unpaired) electrons. The molecule has 0 spiro atoms. The Kier molecular flexibility index (Phi) is 3.20. The van der Waals surface area contributed by atoms with Crippen molar-refractivity contribution >= 4 is 23.6 Å². The van der Waals surface area contributed by atoms with E-state index >= 15 is 0 Å². The summed E-state index contributed by atoms with van der Waals surface area (Å²) < 4.78 is 0.738. The van der Waals surface area contributed by atoms with Crippen molar-refractivity contribution in [2.75, 3.05) is 0 Å². The molecule has 0 bridgehead atoms. The summed E-state index contributed by atoms with van der Waals surface area (Å²) in [4.78, 5) is 22.8. The average Bonchev–Trinajstić information content (AvgIpc) is 2.33. The summed E-state index contributed by atoms with van der Waals surface area (Å²) in [7, 11) is 0. The van der Waals surface area contributed by atoms with Crippen LogP contribution in [0.3, 0.4) is 0 Å². The van der Waals surface area contributed by atoms with E-state index in [4.69, 9.17) is 11.8 Å². The number of carbonyl (C=O) groups excluding carboxylic acids is 2. The highest BCUT2D eigenvalue weighted by molar-refractivity contribution is 6.32. The lowest BCUT2D eigenvalue weighted by atomic mass is 9.75. The number of nitrogens with zero attached hydrogens (tertiary/aromatic N) is 1. The van der Waals surface area contributed by atoms with Crippen LogP contribution in [0.2, 0.25) is 0 Å². The summed E-state index contributed by atoms with van der Waals surface area (Å²) >= 11 is 5.55. The second-order valence-corrected chi connectivity index (χ2v) is 4.85. The fourth-order valence-electron chi connectivity index (χ4n) is 2.03. The summed E-state index contributed by atoms with van der Waals surface area (Å²) in [6.07, 6.45) is 2.20. The molecule has 2 amide bonds. The Labute approximate surface area is 89.5 Å². The third-order valence-electron chi connectivity index (χ3n) is 2.93. The first-order valence-electron chi connectivity index (χ1n) is 4.92. The Bertz CT molecular complexity index is 263. The summed E-state index contributed by atoms with van der Waals surface area (Å²) in [5.74, 6) is -0.756. The zero-order valence-electron chi connectivity index (χ0n) is 8.84. The molecule has 1 rings (SSSR count). The van der Waals surface area contributed by atoms with E-state index in [0.717, 1.165) is 17.3 Å². The van der Waals surface area contributed by atoms with Gasteiger partial charge in [0.2, 0.25) is 11.8 Å². The van der Waals surface area contributed by atoms with Crippen LogP contribution in [0.5, 0.6) is 0 Å². The first-order chi connectivity index (χ1) is 6.40. The van der Waals surface area contributed by atoms with E-state index in [-0.39, 0.29) is 29.6 Å². The molecule has 0 N–H and O–H groups in total. The molecule has 0 aliphatic carbocycles. The second kappa shape index (κ2) is 3.89. The lowest BCUT2D eigenvalue weighted by Crippen LogP contribution is -2.30. The van der Waals surface area contributed by atoms with Crippen molar-refractivity contribution in [1.29, 1.82) is 0 Å². The standard InChI is InChI=1S/C10H16ClNO2/c1-4-5-10(2,3)7-6-8(13)12(11)9(7)14/h7H,4-6H2,1-3H3. The Morgan fingerprint density at radius 1 is 1.50 bits per heavy atom. The minimum atomic E-state index is -0.272. The van der Waals surface area contributed by atoms with E-state index in [1.807, 2.05) is 13.8 Å². The minimum Gasteiger partial charge on any atom is -0.273 e. The van der Waals surface area contributed by atoms with Crippen LogP contribution in [0, 0.1) is 11.3 Å². The summed E-state index contributed by atoms with van der Waals surface area (Å²) in [6.45, 7) is 6.10. The van der Waals surface area contributed by atoms with E-state index in [2.05, 4.69) is 6.92 Å². The van der Waals surface area contributed by atoms with E-state index < -0.39 is 0 Å². The Morgan fingerprint density at radius 2 is 2.07 bits per heavy atom. The van der Waals surface area contributed by atoms with E-state index in [1.54, 1.807) is 0 Å². The third-order valence-corrected chi connectivity index (χ3v) is 3.28. The number of carbonyl (C=O) groups is 2. The van der Waals surface area contributed by atoms with Gasteiger partial charge in [-0.25, -0.2) is 0 Å². The van der Waals surface area contributed by atoms with Crippen LogP contribution < -0.4 is 0 Å². The molecule has 1 unspecified atom stereocenters. The van der Waals surface area contributed by atoms with Gasteiger partial charge in [-0.15, -0.1) is 0 Å². The quantitative estimate of drug-likeness (QED) is 0.538. The second-order valence-electron chi connectivity index (χ2n) is 4.51. The minimum absolute atomic E-state index is 0.134. The van der Waals surface area contributed by atoms with Crippen molar-refractivity contribution in [2.45, 2.75) is 40.0 Å². The summed E-state index contributed by atoms with van der Waals surface area (Å²) in [6, 6.07) is 0. The zero-order valence-corrected chi connectivity index (χ0v) is 9.60. The maximum Gasteiger partial charge on any atom is 0.248 e. The van der Waals surface area contributed by atoms with Crippen molar-refractivity contribution in [3.05, 3.63) is 0 Å². The number of hydrogen-bond acceptors (Lipinski definition) is 2. The van der Waals surface area contributed by atoms with Crippen molar-refractivity contribution in [3.63, 3.8) is 0 Å². The monoisotopic (exact) mass is 217 g/mol. The average molecular weight is 218 g/mol. The van der Waals surface area contributed by atoms with Crippen molar-refractivity contribution < 1.29 is 9.59 Å². The molecule has 1 heterocycles. The largest absolute Gasteiger partial charge is 0.273 e. The maximum atomic E-state index is 11.6. The third kappa shape index (κ3) is 1.92. The fourth-order valence-corrected chi connectivity index (χ4v) is 2.22. The molecule has 14 heavy (non-hydrogen) atoms. The molecule has 0 aromatic carbocycles. The van der Waals surface area contributed by atoms with Gasteiger partial charge in [0.15, 0.2) is 0 Å². The van der Waals surface area contributed by atoms with Gasteiger partial charge in [0, 0.05) is 18.2 Å². The van der Waals surface area contributed by atoms with Crippen LogP contribution in [0.4, 0.5) is 0 Å². The topological polar surface area (TPSA) is 37.4 Å². The van der Waals surface area contributed by atoms with Gasteiger partial charge in [0.25, 0.3) is 0 Å².